The highest BCUT2D eigenvalue weighted by atomic mass is 16.7. The van der Waals surface area contributed by atoms with Gasteiger partial charge in [-0.2, -0.15) is 0 Å². The summed E-state index contributed by atoms with van der Waals surface area (Å²) < 4.78 is 22.0. The number of hydrogen-bond acceptors (Lipinski definition) is 6. The third-order valence-electron chi connectivity index (χ3n) is 6.31. The second-order valence-electron chi connectivity index (χ2n) is 8.59. The Kier molecular flexibility index (Phi) is 5.15. The molecule has 172 valence electrons. The molecule has 1 amide bonds. The Morgan fingerprint density at radius 2 is 1.73 bits per heavy atom. The van der Waals surface area contributed by atoms with E-state index in [4.69, 9.17) is 18.9 Å². The summed E-state index contributed by atoms with van der Waals surface area (Å²) >= 11 is 0. The van der Waals surface area contributed by atoms with Crippen molar-refractivity contribution in [3.63, 3.8) is 0 Å². The summed E-state index contributed by atoms with van der Waals surface area (Å²) in [6, 6.07) is 8.72. The fourth-order valence-electron chi connectivity index (χ4n) is 4.67. The lowest BCUT2D eigenvalue weighted by Crippen LogP contribution is -2.44. The topological polar surface area (TPSA) is 90.1 Å². The number of fused-ring (bicyclic) bond motifs is 3. The monoisotopic (exact) mass is 450 g/mol. The molecular weight excluding hydrogens is 424 g/mol. The van der Waals surface area contributed by atoms with Gasteiger partial charge in [0.25, 0.3) is 5.56 Å². The summed E-state index contributed by atoms with van der Waals surface area (Å²) in [5, 5.41) is 0.804. The third kappa shape index (κ3) is 3.46. The minimum Gasteiger partial charge on any atom is -0.493 e. The van der Waals surface area contributed by atoms with Crippen LogP contribution in [-0.4, -0.2) is 43.3 Å². The van der Waals surface area contributed by atoms with Gasteiger partial charge < -0.3 is 28.8 Å². The van der Waals surface area contributed by atoms with E-state index in [1.807, 2.05) is 38.1 Å². The number of methoxy groups -OCH3 is 2. The Morgan fingerprint density at radius 3 is 2.42 bits per heavy atom. The molecule has 33 heavy (non-hydrogen) atoms. The van der Waals surface area contributed by atoms with Crippen LogP contribution in [0.2, 0.25) is 0 Å². The fraction of sp³-hybridized carbons (Fsp3) is 0.360. The molecule has 8 nitrogen and oxygen atoms in total. The van der Waals surface area contributed by atoms with Gasteiger partial charge >= 0.3 is 0 Å². The maximum Gasteiger partial charge on any atom is 0.254 e. The van der Waals surface area contributed by atoms with E-state index in [9.17, 15) is 9.59 Å². The maximum absolute atomic E-state index is 13.3. The average molecular weight is 450 g/mol. The van der Waals surface area contributed by atoms with Crippen molar-refractivity contribution in [3.8, 4) is 23.0 Å². The number of hydrogen-bond donors (Lipinski definition) is 1. The summed E-state index contributed by atoms with van der Waals surface area (Å²) in [6.45, 7) is 4.39. The maximum atomic E-state index is 13.3. The van der Waals surface area contributed by atoms with Gasteiger partial charge in [-0.1, -0.05) is 13.8 Å². The number of nitrogens with zero attached hydrogens (tertiary/aromatic N) is 1. The van der Waals surface area contributed by atoms with Crippen LogP contribution in [0.25, 0.3) is 10.9 Å². The largest absolute Gasteiger partial charge is 0.493 e. The van der Waals surface area contributed by atoms with Crippen LogP contribution >= 0.6 is 0 Å². The average Bonchev–Trinajstić information content (AvgIpc) is 3.27. The molecule has 8 heteroatoms. The molecule has 1 aromatic heterocycles. The van der Waals surface area contributed by atoms with E-state index in [0.29, 0.717) is 47.0 Å². The van der Waals surface area contributed by atoms with Gasteiger partial charge in [-0.15, -0.1) is 0 Å². The lowest BCUT2D eigenvalue weighted by molar-refractivity contribution is -0.136. The Bertz CT molecular complexity index is 1310. The number of aromatic nitrogens is 1. The van der Waals surface area contributed by atoms with Crippen LogP contribution in [0, 0.1) is 5.92 Å². The molecule has 0 spiro atoms. The number of amides is 1. The Hall–Kier alpha value is -3.68. The summed E-state index contributed by atoms with van der Waals surface area (Å²) in [5.41, 5.74) is 2.77. The van der Waals surface area contributed by atoms with Crippen molar-refractivity contribution in [1.82, 2.24) is 9.88 Å². The highest BCUT2D eigenvalue weighted by Gasteiger charge is 2.36. The molecular formula is C25H26N2O6. The molecule has 3 heterocycles. The number of H-pyrrole nitrogens is 1. The van der Waals surface area contributed by atoms with Gasteiger partial charge in [-0.3, -0.25) is 9.59 Å². The number of ether oxygens (including phenoxy) is 4. The van der Waals surface area contributed by atoms with E-state index in [1.165, 1.54) is 0 Å². The molecule has 5 rings (SSSR count). The summed E-state index contributed by atoms with van der Waals surface area (Å²) in [7, 11) is 3.17. The molecule has 1 atom stereocenters. The number of benzene rings is 2. The van der Waals surface area contributed by atoms with Crippen molar-refractivity contribution in [2.75, 3.05) is 27.6 Å². The molecule has 1 N–H and O–H groups in total. The Labute approximate surface area is 191 Å². The van der Waals surface area contributed by atoms with E-state index in [2.05, 4.69) is 4.98 Å². The number of rotatable bonds is 4. The summed E-state index contributed by atoms with van der Waals surface area (Å²) in [5.74, 6) is 2.20. The van der Waals surface area contributed by atoms with E-state index >= 15 is 0 Å². The van der Waals surface area contributed by atoms with Crippen LogP contribution in [0.3, 0.4) is 0 Å². The third-order valence-corrected chi connectivity index (χ3v) is 6.31. The summed E-state index contributed by atoms with van der Waals surface area (Å²) in [6.07, 6.45) is 0.662. The second-order valence-corrected chi connectivity index (χ2v) is 8.59. The minimum absolute atomic E-state index is 0.00869. The molecule has 0 radical (unpaired) electrons. The number of nitrogens with one attached hydrogen (secondary N) is 1. The van der Waals surface area contributed by atoms with Crippen LogP contribution in [0.5, 0.6) is 23.0 Å². The zero-order chi connectivity index (χ0) is 23.3. The molecule has 0 fully saturated rings. The van der Waals surface area contributed by atoms with Crippen molar-refractivity contribution in [3.05, 3.63) is 57.4 Å². The molecule has 0 unspecified atom stereocenters. The molecule has 2 aliphatic heterocycles. The molecule has 0 bridgehead atoms. The van der Waals surface area contributed by atoms with Crippen molar-refractivity contribution < 1.29 is 23.7 Å². The van der Waals surface area contributed by atoms with Gasteiger partial charge in [-0.05, 0) is 41.8 Å². The van der Waals surface area contributed by atoms with Gasteiger partial charge in [0, 0.05) is 29.5 Å². The molecule has 2 aromatic carbocycles. The van der Waals surface area contributed by atoms with Crippen molar-refractivity contribution in [2.45, 2.75) is 26.3 Å². The lowest BCUT2D eigenvalue weighted by Gasteiger charge is -2.38. The van der Waals surface area contributed by atoms with E-state index in [1.54, 1.807) is 25.2 Å². The van der Waals surface area contributed by atoms with Crippen LogP contribution in [0.15, 0.2) is 35.1 Å². The fourth-order valence-corrected chi connectivity index (χ4v) is 4.67. The summed E-state index contributed by atoms with van der Waals surface area (Å²) in [4.78, 5) is 31.3. The van der Waals surface area contributed by atoms with Gasteiger partial charge in [-0.25, -0.2) is 0 Å². The zero-order valence-corrected chi connectivity index (χ0v) is 19.1. The quantitative estimate of drug-likeness (QED) is 0.655. The first kappa shape index (κ1) is 21.2. The van der Waals surface area contributed by atoms with Crippen LogP contribution in [0.4, 0.5) is 0 Å². The second kappa shape index (κ2) is 8.03. The van der Waals surface area contributed by atoms with Gasteiger partial charge in [0.2, 0.25) is 12.7 Å². The normalized spacial score (nSPS) is 16.8. The number of carbonyl (C=O) groups excluding carboxylic acids is 1. The van der Waals surface area contributed by atoms with Crippen molar-refractivity contribution in [1.29, 1.82) is 0 Å². The first-order chi connectivity index (χ1) is 15.9. The first-order valence-electron chi connectivity index (χ1n) is 10.9. The van der Waals surface area contributed by atoms with E-state index in [0.717, 1.165) is 16.5 Å². The van der Waals surface area contributed by atoms with Crippen molar-refractivity contribution >= 4 is 16.8 Å². The standard InChI is InChI=1S/C25H26N2O6/c1-13(2)25(29)27-6-5-14-8-19(30-3)20(31-4)10-16(14)23(27)17-7-15-9-21-22(33-12-32-21)11-18(15)26-24(17)28/h7-11,13,23H,5-6,12H2,1-4H3,(H,26,28)/t23-/m1/s1. The number of carbonyl (C=O) groups is 1. The van der Waals surface area contributed by atoms with Gasteiger partial charge in [0.1, 0.15) is 0 Å². The van der Waals surface area contributed by atoms with Crippen LogP contribution < -0.4 is 24.5 Å². The molecule has 0 saturated heterocycles. The predicted molar refractivity (Wildman–Crippen MR) is 122 cm³/mol. The van der Waals surface area contributed by atoms with Crippen molar-refractivity contribution in [2.24, 2.45) is 5.92 Å². The van der Waals surface area contributed by atoms with Crippen LogP contribution in [-0.2, 0) is 11.2 Å². The van der Waals surface area contributed by atoms with Gasteiger partial charge in [0.15, 0.2) is 23.0 Å². The highest BCUT2D eigenvalue weighted by Crippen LogP contribution is 2.42. The van der Waals surface area contributed by atoms with E-state index in [-0.39, 0.29) is 24.2 Å². The molecule has 0 saturated carbocycles. The first-order valence-corrected chi connectivity index (χ1v) is 10.9. The highest BCUT2D eigenvalue weighted by molar-refractivity contribution is 5.84. The molecule has 2 aliphatic rings. The van der Waals surface area contributed by atoms with Gasteiger partial charge in [0.05, 0.1) is 25.8 Å². The molecule has 0 aliphatic carbocycles. The predicted octanol–water partition coefficient (Wildman–Crippen LogP) is 3.40. The van der Waals surface area contributed by atoms with Crippen LogP contribution in [0.1, 0.15) is 36.6 Å². The molecule has 3 aromatic rings. The number of aromatic amines is 1. The minimum atomic E-state index is -0.554. The number of pyridine rings is 1. The van der Waals surface area contributed by atoms with E-state index < -0.39 is 6.04 Å². The SMILES string of the molecule is COc1cc2c(cc1OC)[C@H](c1cc3cc4c(cc3[nH]c1=O)OCO4)N(C(=O)C(C)C)CC2. The smallest absolute Gasteiger partial charge is 0.254 e. The lowest BCUT2D eigenvalue weighted by atomic mass is 9.87. The Morgan fingerprint density at radius 1 is 1.03 bits per heavy atom. The zero-order valence-electron chi connectivity index (χ0n) is 19.1. The Balaban J connectivity index is 1.73.